The first-order chi connectivity index (χ1) is 12.4. The molecule has 0 aromatic carbocycles. The predicted molar refractivity (Wildman–Crippen MR) is 104 cm³/mol. The molecule has 4 saturated carbocycles. The van der Waals surface area contributed by atoms with E-state index >= 15 is 0 Å². The average molecular weight is 365 g/mol. The standard InChI is InChI=1S/C23H40O3/c1-4-23-12-10-18-17-9-11-22(25,14-26-3)13-16(17)5-6-19(18)21(23)8-7-20(23)15(2)24/h15-21,24-25H,4-14H2,1-3H3/t15-,16+,17-,18+,19+,20+,21-,22-,23+/m0/s1. The normalized spacial score (nSPS) is 52.0. The number of aliphatic hydroxyl groups is 2. The summed E-state index contributed by atoms with van der Waals surface area (Å²) in [6.45, 7) is 4.91. The van der Waals surface area contributed by atoms with Gasteiger partial charge in [-0.3, -0.25) is 0 Å². The smallest absolute Gasteiger partial charge is 0.0882 e. The van der Waals surface area contributed by atoms with Crippen molar-refractivity contribution in [2.24, 2.45) is 40.9 Å². The molecule has 0 amide bonds. The van der Waals surface area contributed by atoms with Crippen molar-refractivity contribution >= 4 is 0 Å². The molecule has 0 aromatic rings. The lowest BCUT2D eigenvalue weighted by molar-refractivity contribution is -0.131. The Morgan fingerprint density at radius 2 is 1.77 bits per heavy atom. The largest absolute Gasteiger partial charge is 0.393 e. The SMILES string of the molecule is CC[C@]12CC[C@H]3[C@@H](CC[C@@H]4C[C@](O)(COC)CC[C@@H]43)[C@@H]1CC[C@@H]2[C@H](C)O. The quantitative estimate of drug-likeness (QED) is 0.777. The van der Waals surface area contributed by atoms with Crippen LogP contribution >= 0.6 is 0 Å². The van der Waals surface area contributed by atoms with Crippen molar-refractivity contribution in [1.29, 1.82) is 0 Å². The minimum absolute atomic E-state index is 0.147. The molecule has 9 atom stereocenters. The van der Waals surface area contributed by atoms with Crippen LogP contribution in [-0.4, -0.2) is 35.6 Å². The lowest BCUT2D eigenvalue weighted by atomic mass is 9.48. The molecule has 0 heterocycles. The van der Waals surface area contributed by atoms with Crippen LogP contribution in [0.2, 0.25) is 0 Å². The zero-order valence-electron chi connectivity index (χ0n) is 17.1. The van der Waals surface area contributed by atoms with Crippen LogP contribution in [0.15, 0.2) is 0 Å². The van der Waals surface area contributed by atoms with Gasteiger partial charge in [0.25, 0.3) is 0 Å². The van der Waals surface area contributed by atoms with Crippen LogP contribution in [0.25, 0.3) is 0 Å². The van der Waals surface area contributed by atoms with Crippen molar-refractivity contribution in [2.75, 3.05) is 13.7 Å². The molecule has 26 heavy (non-hydrogen) atoms. The molecular weight excluding hydrogens is 324 g/mol. The third-order valence-electron chi connectivity index (χ3n) is 9.54. The number of hydrogen-bond donors (Lipinski definition) is 2. The molecule has 0 spiro atoms. The summed E-state index contributed by atoms with van der Waals surface area (Å²) in [7, 11) is 1.71. The van der Waals surface area contributed by atoms with Crippen LogP contribution in [0.5, 0.6) is 0 Å². The summed E-state index contributed by atoms with van der Waals surface area (Å²) >= 11 is 0. The van der Waals surface area contributed by atoms with Crippen LogP contribution in [-0.2, 0) is 4.74 Å². The van der Waals surface area contributed by atoms with E-state index in [-0.39, 0.29) is 6.10 Å². The van der Waals surface area contributed by atoms with Gasteiger partial charge in [0.15, 0.2) is 0 Å². The molecule has 0 unspecified atom stereocenters. The van der Waals surface area contributed by atoms with E-state index in [1.54, 1.807) is 7.11 Å². The van der Waals surface area contributed by atoms with Gasteiger partial charge in [0.2, 0.25) is 0 Å². The summed E-state index contributed by atoms with van der Waals surface area (Å²) in [4.78, 5) is 0. The fourth-order valence-corrected chi connectivity index (χ4v) is 8.64. The summed E-state index contributed by atoms with van der Waals surface area (Å²) in [5.74, 6) is 4.64. The topological polar surface area (TPSA) is 49.7 Å². The molecule has 4 fully saturated rings. The molecule has 0 aromatic heterocycles. The van der Waals surface area contributed by atoms with Crippen molar-refractivity contribution in [3.63, 3.8) is 0 Å². The fourth-order valence-electron chi connectivity index (χ4n) is 8.64. The Hall–Kier alpha value is -0.120. The van der Waals surface area contributed by atoms with Crippen molar-refractivity contribution in [3.8, 4) is 0 Å². The molecule has 3 nitrogen and oxygen atoms in total. The maximum atomic E-state index is 10.9. The van der Waals surface area contributed by atoms with Gasteiger partial charge in [-0.25, -0.2) is 0 Å². The van der Waals surface area contributed by atoms with Crippen LogP contribution in [0.4, 0.5) is 0 Å². The summed E-state index contributed by atoms with van der Waals surface area (Å²) in [6, 6.07) is 0. The van der Waals surface area contributed by atoms with Gasteiger partial charge in [-0.15, -0.1) is 0 Å². The molecule has 3 heteroatoms. The van der Waals surface area contributed by atoms with Crippen LogP contribution in [0, 0.1) is 40.9 Å². The molecule has 0 bridgehead atoms. The molecule has 150 valence electrons. The first-order valence-electron chi connectivity index (χ1n) is 11.3. The van der Waals surface area contributed by atoms with Crippen molar-refractivity contribution < 1.29 is 14.9 Å². The van der Waals surface area contributed by atoms with Crippen molar-refractivity contribution in [2.45, 2.75) is 89.8 Å². The lowest BCUT2D eigenvalue weighted by Gasteiger charge is -2.58. The molecular formula is C23H40O3. The highest BCUT2D eigenvalue weighted by atomic mass is 16.5. The molecule has 2 N–H and O–H groups in total. The number of hydrogen-bond acceptors (Lipinski definition) is 3. The second-order valence-electron chi connectivity index (χ2n) is 10.4. The molecule has 4 rings (SSSR count). The maximum absolute atomic E-state index is 10.9. The number of fused-ring (bicyclic) bond motifs is 5. The van der Waals surface area contributed by atoms with Crippen LogP contribution in [0.1, 0.15) is 78.1 Å². The van der Waals surface area contributed by atoms with E-state index in [0.717, 1.165) is 36.5 Å². The van der Waals surface area contributed by atoms with Crippen LogP contribution < -0.4 is 0 Å². The summed E-state index contributed by atoms with van der Waals surface area (Å²) < 4.78 is 5.32. The Kier molecular flexibility index (Phi) is 5.20. The third-order valence-corrected chi connectivity index (χ3v) is 9.54. The Balaban J connectivity index is 1.52. The van der Waals surface area contributed by atoms with Gasteiger partial charge in [0, 0.05) is 7.11 Å². The average Bonchev–Trinajstić information content (AvgIpc) is 3.01. The first kappa shape index (κ1) is 19.2. The second kappa shape index (κ2) is 7.04. The van der Waals surface area contributed by atoms with E-state index in [1.165, 1.54) is 51.4 Å². The molecule has 4 aliphatic rings. The molecule has 4 aliphatic carbocycles. The van der Waals surface area contributed by atoms with Gasteiger partial charge >= 0.3 is 0 Å². The van der Waals surface area contributed by atoms with Gasteiger partial charge in [-0.1, -0.05) is 6.92 Å². The van der Waals surface area contributed by atoms with E-state index in [9.17, 15) is 10.2 Å². The summed E-state index contributed by atoms with van der Waals surface area (Å²) in [5.41, 5.74) is -0.164. The zero-order chi connectivity index (χ0) is 18.5. The van der Waals surface area contributed by atoms with Gasteiger partial charge in [0.05, 0.1) is 18.3 Å². The Bertz CT molecular complexity index is 506. The molecule has 0 radical (unpaired) electrons. The van der Waals surface area contributed by atoms with E-state index < -0.39 is 5.60 Å². The summed E-state index contributed by atoms with van der Waals surface area (Å²) in [5, 5.41) is 21.3. The zero-order valence-corrected chi connectivity index (χ0v) is 17.1. The second-order valence-corrected chi connectivity index (χ2v) is 10.4. The highest BCUT2D eigenvalue weighted by Crippen LogP contribution is 2.66. The predicted octanol–water partition coefficient (Wildman–Crippen LogP) is 4.40. The number of rotatable bonds is 4. The number of methoxy groups -OCH3 is 1. The number of aliphatic hydroxyl groups excluding tert-OH is 1. The fraction of sp³-hybridized carbons (Fsp3) is 1.00. The molecule has 0 aliphatic heterocycles. The Morgan fingerprint density at radius 3 is 2.46 bits per heavy atom. The third kappa shape index (κ3) is 2.88. The van der Waals surface area contributed by atoms with Gasteiger partial charge in [-0.2, -0.15) is 0 Å². The first-order valence-corrected chi connectivity index (χ1v) is 11.3. The summed E-state index contributed by atoms with van der Waals surface area (Å²) in [6.07, 6.45) is 12.1. The molecule has 0 saturated heterocycles. The van der Waals surface area contributed by atoms with Crippen molar-refractivity contribution in [1.82, 2.24) is 0 Å². The van der Waals surface area contributed by atoms with E-state index in [2.05, 4.69) is 6.92 Å². The van der Waals surface area contributed by atoms with Crippen LogP contribution in [0.3, 0.4) is 0 Å². The van der Waals surface area contributed by atoms with E-state index in [4.69, 9.17) is 4.74 Å². The van der Waals surface area contributed by atoms with E-state index in [0.29, 0.717) is 23.9 Å². The Labute approximate surface area is 159 Å². The van der Waals surface area contributed by atoms with Gasteiger partial charge in [0.1, 0.15) is 0 Å². The highest BCUT2D eigenvalue weighted by Gasteiger charge is 2.59. The highest BCUT2D eigenvalue weighted by molar-refractivity contribution is 5.08. The van der Waals surface area contributed by atoms with E-state index in [1.807, 2.05) is 6.92 Å². The maximum Gasteiger partial charge on any atom is 0.0882 e. The minimum atomic E-state index is -0.574. The van der Waals surface area contributed by atoms with Crippen molar-refractivity contribution in [3.05, 3.63) is 0 Å². The number of ether oxygens (including phenoxy) is 1. The van der Waals surface area contributed by atoms with Gasteiger partial charge in [-0.05, 0) is 112 Å². The van der Waals surface area contributed by atoms with Gasteiger partial charge < -0.3 is 14.9 Å². The minimum Gasteiger partial charge on any atom is -0.393 e. The monoisotopic (exact) mass is 364 g/mol. The Morgan fingerprint density at radius 1 is 1.00 bits per heavy atom. The lowest BCUT2D eigenvalue weighted by Crippen LogP contribution is -2.53.